The fourth-order valence-corrected chi connectivity index (χ4v) is 4.56. The van der Waals surface area contributed by atoms with Crippen molar-refractivity contribution < 1.29 is 9.13 Å². The van der Waals surface area contributed by atoms with Gasteiger partial charge < -0.3 is 4.74 Å². The van der Waals surface area contributed by atoms with Gasteiger partial charge in [-0.15, -0.1) is 6.58 Å². The summed E-state index contributed by atoms with van der Waals surface area (Å²) in [7, 11) is 1.63. The molecule has 3 aromatic carbocycles. The second-order valence-corrected chi connectivity index (χ2v) is 8.21. The SMILES string of the molecule is C=CC1CCC(c2ccc(CCc3ccc4cc(OC)ccc4c3F)cc2)CC1. The first-order valence-corrected chi connectivity index (χ1v) is 10.6. The number of fused-ring (bicyclic) bond motifs is 1. The minimum absolute atomic E-state index is 0.110. The van der Waals surface area contributed by atoms with Crippen LogP contribution >= 0.6 is 0 Å². The Morgan fingerprint density at radius 2 is 1.72 bits per heavy atom. The first-order chi connectivity index (χ1) is 14.2. The van der Waals surface area contributed by atoms with Crippen molar-refractivity contribution in [2.75, 3.05) is 7.11 Å². The predicted molar refractivity (Wildman–Crippen MR) is 119 cm³/mol. The molecular weight excluding hydrogens is 359 g/mol. The molecule has 0 amide bonds. The first-order valence-electron chi connectivity index (χ1n) is 10.6. The summed E-state index contributed by atoms with van der Waals surface area (Å²) in [5.74, 6) is 2.02. The molecule has 0 radical (unpaired) electrons. The van der Waals surface area contributed by atoms with Gasteiger partial charge in [0.15, 0.2) is 0 Å². The Morgan fingerprint density at radius 1 is 0.966 bits per heavy atom. The fourth-order valence-electron chi connectivity index (χ4n) is 4.56. The number of halogens is 1. The fraction of sp³-hybridized carbons (Fsp3) is 0.333. The quantitative estimate of drug-likeness (QED) is 0.405. The lowest BCUT2D eigenvalue weighted by molar-refractivity contribution is 0.376. The second-order valence-electron chi connectivity index (χ2n) is 8.21. The van der Waals surface area contributed by atoms with Gasteiger partial charge in [0.1, 0.15) is 11.6 Å². The topological polar surface area (TPSA) is 9.23 Å². The number of aryl methyl sites for hydroxylation is 2. The molecule has 0 aliphatic heterocycles. The molecule has 0 spiro atoms. The summed E-state index contributed by atoms with van der Waals surface area (Å²) in [4.78, 5) is 0. The highest BCUT2D eigenvalue weighted by Gasteiger charge is 2.20. The van der Waals surface area contributed by atoms with Crippen LogP contribution in [0.15, 0.2) is 67.3 Å². The van der Waals surface area contributed by atoms with Crippen LogP contribution in [0.3, 0.4) is 0 Å². The van der Waals surface area contributed by atoms with Crippen LogP contribution in [-0.4, -0.2) is 7.11 Å². The molecule has 0 unspecified atom stereocenters. The van der Waals surface area contributed by atoms with Crippen LogP contribution in [0.5, 0.6) is 5.75 Å². The van der Waals surface area contributed by atoms with Crippen molar-refractivity contribution in [3.8, 4) is 5.75 Å². The summed E-state index contributed by atoms with van der Waals surface area (Å²) in [6.45, 7) is 3.94. The van der Waals surface area contributed by atoms with E-state index in [9.17, 15) is 4.39 Å². The van der Waals surface area contributed by atoms with Crippen molar-refractivity contribution >= 4 is 10.8 Å². The monoisotopic (exact) mass is 388 g/mol. The van der Waals surface area contributed by atoms with Gasteiger partial charge in [0.05, 0.1) is 7.11 Å². The number of ether oxygens (including phenoxy) is 1. The van der Waals surface area contributed by atoms with Crippen LogP contribution in [0.1, 0.15) is 48.3 Å². The molecule has 0 heterocycles. The zero-order valence-corrected chi connectivity index (χ0v) is 17.2. The average molecular weight is 389 g/mol. The van der Waals surface area contributed by atoms with E-state index in [-0.39, 0.29) is 5.82 Å². The van der Waals surface area contributed by atoms with E-state index in [0.717, 1.165) is 23.1 Å². The number of benzene rings is 3. The van der Waals surface area contributed by atoms with Crippen molar-refractivity contribution in [1.29, 1.82) is 0 Å². The van der Waals surface area contributed by atoms with Crippen LogP contribution in [0.25, 0.3) is 10.8 Å². The van der Waals surface area contributed by atoms with Gasteiger partial charge >= 0.3 is 0 Å². The molecule has 1 nitrogen and oxygen atoms in total. The minimum atomic E-state index is -0.110. The molecule has 1 aliphatic rings. The molecule has 1 fully saturated rings. The Kier molecular flexibility index (Phi) is 5.99. The van der Waals surface area contributed by atoms with Gasteiger partial charge in [-0.2, -0.15) is 0 Å². The summed E-state index contributed by atoms with van der Waals surface area (Å²) < 4.78 is 20.2. The first kappa shape index (κ1) is 19.7. The Labute approximate surface area is 173 Å². The number of allylic oxidation sites excluding steroid dienone is 1. The van der Waals surface area contributed by atoms with Crippen LogP contribution in [0, 0.1) is 11.7 Å². The van der Waals surface area contributed by atoms with Gasteiger partial charge in [-0.1, -0.05) is 42.5 Å². The average Bonchev–Trinajstić information content (AvgIpc) is 2.79. The molecule has 0 bridgehead atoms. The summed E-state index contributed by atoms with van der Waals surface area (Å²) in [6, 6.07) is 18.4. The van der Waals surface area contributed by atoms with Crippen molar-refractivity contribution in [1.82, 2.24) is 0 Å². The molecule has 0 saturated heterocycles. The number of methoxy groups -OCH3 is 1. The molecule has 29 heavy (non-hydrogen) atoms. The van der Waals surface area contributed by atoms with Crippen LogP contribution in [-0.2, 0) is 12.8 Å². The number of hydrogen-bond donors (Lipinski definition) is 0. The standard InChI is InChI=1S/C27H29FO/c1-3-19-4-9-21(10-5-19)22-11-6-20(7-12-22)8-13-23-14-15-24-18-25(29-2)16-17-26(24)27(23)28/h3,6-7,11-12,14-19,21H,1,4-5,8-10,13H2,2H3. The molecule has 3 aromatic rings. The Morgan fingerprint density at radius 3 is 2.41 bits per heavy atom. The lowest BCUT2D eigenvalue weighted by Crippen LogP contribution is -2.11. The Balaban J connectivity index is 1.41. The normalized spacial score (nSPS) is 19.2. The van der Waals surface area contributed by atoms with E-state index in [4.69, 9.17) is 4.74 Å². The third-order valence-electron chi connectivity index (χ3n) is 6.48. The van der Waals surface area contributed by atoms with Crippen molar-refractivity contribution in [2.24, 2.45) is 5.92 Å². The van der Waals surface area contributed by atoms with Gasteiger partial charge in [0, 0.05) is 5.39 Å². The van der Waals surface area contributed by atoms with E-state index >= 15 is 0 Å². The zero-order valence-electron chi connectivity index (χ0n) is 17.2. The van der Waals surface area contributed by atoms with Gasteiger partial charge in [0.25, 0.3) is 0 Å². The summed E-state index contributed by atoms with van der Waals surface area (Å²) in [5.41, 5.74) is 3.49. The second kappa shape index (κ2) is 8.82. The molecular formula is C27H29FO. The molecule has 0 N–H and O–H groups in total. The summed E-state index contributed by atoms with van der Waals surface area (Å²) in [6.07, 6.45) is 8.68. The smallest absolute Gasteiger partial charge is 0.134 e. The van der Waals surface area contributed by atoms with Crippen molar-refractivity contribution in [3.63, 3.8) is 0 Å². The maximum atomic E-state index is 14.9. The predicted octanol–water partition coefficient (Wildman–Crippen LogP) is 7.23. The van der Waals surface area contributed by atoms with Crippen LogP contribution < -0.4 is 4.74 Å². The van der Waals surface area contributed by atoms with E-state index in [2.05, 4.69) is 36.9 Å². The third kappa shape index (κ3) is 4.37. The zero-order chi connectivity index (χ0) is 20.2. The van der Waals surface area contributed by atoms with Gasteiger partial charge in [-0.3, -0.25) is 0 Å². The van der Waals surface area contributed by atoms with Crippen molar-refractivity contribution in [3.05, 3.63) is 89.8 Å². The molecule has 1 aliphatic carbocycles. The van der Waals surface area contributed by atoms with Crippen molar-refractivity contribution in [2.45, 2.75) is 44.4 Å². The van der Waals surface area contributed by atoms with Gasteiger partial charge in [-0.25, -0.2) is 4.39 Å². The van der Waals surface area contributed by atoms with Crippen LogP contribution in [0.2, 0.25) is 0 Å². The molecule has 4 rings (SSSR count). The maximum Gasteiger partial charge on any atom is 0.134 e. The van der Waals surface area contributed by atoms with Gasteiger partial charge in [0.2, 0.25) is 0 Å². The Hall–Kier alpha value is -2.61. The number of rotatable bonds is 6. The summed E-state index contributed by atoms with van der Waals surface area (Å²) >= 11 is 0. The van der Waals surface area contributed by atoms with E-state index in [1.165, 1.54) is 36.8 Å². The van der Waals surface area contributed by atoms with E-state index in [0.29, 0.717) is 23.6 Å². The third-order valence-corrected chi connectivity index (χ3v) is 6.48. The molecule has 150 valence electrons. The largest absolute Gasteiger partial charge is 0.497 e. The van der Waals surface area contributed by atoms with Crippen LogP contribution in [0.4, 0.5) is 4.39 Å². The highest BCUT2D eigenvalue weighted by atomic mass is 19.1. The molecule has 1 saturated carbocycles. The van der Waals surface area contributed by atoms with E-state index in [1.807, 2.05) is 30.3 Å². The molecule has 2 heteroatoms. The van der Waals surface area contributed by atoms with E-state index < -0.39 is 0 Å². The number of hydrogen-bond acceptors (Lipinski definition) is 1. The highest BCUT2D eigenvalue weighted by Crippen LogP contribution is 2.36. The Bertz CT molecular complexity index is 981. The van der Waals surface area contributed by atoms with Gasteiger partial charge in [-0.05, 0) is 90.6 Å². The molecule has 0 atom stereocenters. The summed E-state index contributed by atoms with van der Waals surface area (Å²) in [5, 5.41) is 1.54. The molecule has 0 aromatic heterocycles. The lowest BCUT2D eigenvalue weighted by Gasteiger charge is -2.27. The highest BCUT2D eigenvalue weighted by molar-refractivity contribution is 5.85. The van der Waals surface area contributed by atoms with E-state index in [1.54, 1.807) is 7.11 Å². The minimum Gasteiger partial charge on any atom is -0.497 e. The maximum absolute atomic E-state index is 14.9. The lowest BCUT2D eigenvalue weighted by atomic mass is 9.78.